The van der Waals surface area contributed by atoms with E-state index in [1.54, 1.807) is 17.0 Å². The predicted octanol–water partition coefficient (Wildman–Crippen LogP) is 7.37. The summed E-state index contributed by atoms with van der Waals surface area (Å²) in [6.07, 6.45) is 2.90. The van der Waals surface area contributed by atoms with Crippen molar-refractivity contribution in [3.8, 4) is 17.2 Å². The fraction of sp³-hybridized carbons (Fsp3) is 0.340. The van der Waals surface area contributed by atoms with Gasteiger partial charge >= 0.3 is 5.97 Å². The Hall–Kier alpha value is -6.90. The predicted molar refractivity (Wildman–Crippen MR) is 279 cm³/mol. The van der Waals surface area contributed by atoms with Crippen LogP contribution in [-0.2, 0) is 56.0 Å². The summed E-state index contributed by atoms with van der Waals surface area (Å²) >= 11 is 0. The Morgan fingerprint density at radius 1 is 0.781 bits per heavy atom. The summed E-state index contributed by atoms with van der Waals surface area (Å²) in [5, 5.41) is -1.17. The van der Waals surface area contributed by atoms with Crippen LogP contribution in [0.4, 0.5) is 22.7 Å². The zero-order chi connectivity index (χ0) is 51.1. The lowest BCUT2D eigenvalue weighted by Crippen LogP contribution is -2.45. The minimum atomic E-state index is -3.25. The van der Waals surface area contributed by atoms with Crippen molar-refractivity contribution in [2.24, 2.45) is 4.99 Å². The summed E-state index contributed by atoms with van der Waals surface area (Å²) in [7, 11) is 1.21. The summed E-state index contributed by atoms with van der Waals surface area (Å²) in [5.74, 6) is -1.14. The standard InChI is InChI=1S/C53H52N6O11S3/c1-31-20-39-43(25-44(31)68-28-34-12-9-13-35(55-34)29-69-46-24-40-38(23-45(46)67-4)50(62)57-36(26-54-40)21-32-10-5-7-14-41(32)57)56(27-37-22-33-11-6-8-15-42(33)58(37)51(39)63)30-53(2,3)72-71-19-18-47(73(65)66)52(64)70-59-48(60)16-17-49(59)61/h5-15,20,23-26,36-37,47,73H,16-19,21-22,27-30H2,1-4H3/t36-,37-,47?/m0/s1. The van der Waals surface area contributed by atoms with Gasteiger partial charge in [-0.15, -0.1) is 5.06 Å². The third-order valence-electron chi connectivity index (χ3n) is 13.4. The first kappa shape index (κ1) is 49.7. The van der Waals surface area contributed by atoms with Crippen LogP contribution >= 0.6 is 21.6 Å². The first-order chi connectivity index (χ1) is 35.2. The highest BCUT2D eigenvalue weighted by molar-refractivity contribution is 8.77. The number of hydrogen-bond donors (Lipinski definition) is 1. The number of anilines is 3. The van der Waals surface area contributed by atoms with Crippen LogP contribution < -0.4 is 28.9 Å². The number of pyridine rings is 1. The summed E-state index contributed by atoms with van der Waals surface area (Å²) in [4.78, 5) is 85.8. The second kappa shape index (κ2) is 20.5. The normalized spacial score (nSPS) is 18.2. The SMILES string of the molecule is COc1cc2c(cc1OCc1cccc(COc3cc4c(cc3C)C(=O)N3c5ccccc5C[C@H]3CN4CC(C)(C)SSCCC(C(=O)ON3C(=O)CCC3=O)[SH](=O)=O)n1)N=C[C@@H]1Cc3ccccc3N1C2=O. The second-order valence-electron chi connectivity index (χ2n) is 19.0. The van der Waals surface area contributed by atoms with Crippen LogP contribution in [0.2, 0.25) is 0 Å². The van der Waals surface area contributed by atoms with Gasteiger partial charge in [-0.2, -0.15) is 0 Å². The lowest BCUT2D eigenvalue weighted by molar-refractivity contribution is -0.197. The molecule has 10 rings (SSSR count). The monoisotopic (exact) mass is 1040 g/mol. The van der Waals surface area contributed by atoms with Crippen molar-refractivity contribution in [3.63, 3.8) is 0 Å². The van der Waals surface area contributed by atoms with Gasteiger partial charge in [-0.1, -0.05) is 64.1 Å². The molecular weight excluding hydrogens is 993 g/mol. The van der Waals surface area contributed by atoms with Gasteiger partial charge in [-0.05, 0) is 86.7 Å². The van der Waals surface area contributed by atoms with Gasteiger partial charge in [-0.25, -0.2) is 13.2 Å². The third kappa shape index (κ3) is 10.1. The van der Waals surface area contributed by atoms with Gasteiger partial charge in [0.2, 0.25) is 0 Å². The lowest BCUT2D eigenvalue weighted by atomic mass is 10.0. The molecule has 1 fully saturated rings. The molecule has 0 N–H and O–H groups in total. The van der Waals surface area contributed by atoms with Crippen LogP contribution in [0.1, 0.15) is 81.9 Å². The first-order valence-electron chi connectivity index (χ1n) is 23.9. The van der Waals surface area contributed by atoms with Crippen LogP contribution in [0.25, 0.3) is 0 Å². The van der Waals surface area contributed by atoms with Gasteiger partial charge in [0.25, 0.3) is 23.6 Å². The number of nitrogens with zero attached hydrogens (tertiary/aromatic N) is 6. The average molecular weight is 1050 g/mol. The molecule has 378 valence electrons. The number of benzene rings is 4. The maximum absolute atomic E-state index is 14.7. The molecule has 0 radical (unpaired) electrons. The number of thiol groups is 1. The highest BCUT2D eigenvalue weighted by atomic mass is 33.1. The van der Waals surface area contributed by atoms with Crippen LogP contribution in [0.15, 0.2) is 96.0 Å². The Morgan fingerprint density at radius 3 is 2.14 bits per heavy atom. The van der Waals surface area contributed by atoms with Crippen molar-refractivity contribution < 1.29 is 51.4 Å². The average Bonchev–Trinajstić information content (AvgIpc) is 3.99. The fourth-order valence-corrected chi connectivity index (χ4v) is 13.3. The largest absolute Gasteiger partial charge is 0.493 e. The molecule has 0 bridgehead atoms. The van der Waals surface area contributed by atoms with Crippen molar-refractivity contribution in [1.82, 2.24) is 10.0 Å². The number of hydroxylamine groups is 2. The van der Waals surface area contributed by atoms with E-state index in [2.05, 4.69) is 24.8 Å². The number of imide groups is 1. The molecule has 1 saturated heterocycles. The molecule has 1 aromatic heterocycles. The van der Waals surface area contributed by atoms with Crippen LogP contribution in [0.5, 0.6) is 17.2 Å². The van der Waals surface area contributed by atoms with Gasteiger partial charge in [0.05, 0.1) is 53.1 Å². The van der Waals surface area contributed by atoms with Gasteiger partial charge < -0.3 is 28.8 Å². The maximum Gasteiger partial charge on any atom is 0.350 e. The van der Waals surface area contributed by atoms with E-state index in [0.717, 1.165) is 33.8 Å². The van der Waals surface area contributed by atoms with Crippen molar-refractivity contribution in [2.75, 3.05) is 40.7 Å². The van der Waals surface area contributed by atoms with Gasteiger partial charge in [0.15, 0.2) is 27.5 Å². The number of fused-ring (bicyclic) bond motifs is 8. The van der Waals surface area contributed by atoms with Crippen molar-refractivity contribution in [1.29, 1.82) is 0 Å². The molecule has 5 aliphatic heterocycles. The quantitative estimate of drug-likeness (QED) is 0.0419. The number of rotatable bonds is 17. The summed E-state index contributed by atoms with van der Waals surface area (Å²) in [5.41, 5.74) is 8.20. The molecule has 5 aromatic rings. The number of aromatic nitrogens is 1. The summed E-state index contributed by atoms with van der Waals surface area (Å²) in [6.45, 7) is 7.28. The molecule has 0 aliphatic carbocycles. The lowest BCUT2D eigenvalue weighted by Gasteiger charge is -2.35. The number of hydrogen-bond acceptors (Lipinski definition) is 16. The topological polar surface area (TPSA) is 195 Å². The Balaban J connectivity index is 0.829. The van der Waals surface area contributed by atoms with E-state index >= 15 is 0 Å². The minimum Gasteiger partial charge on any atom is -0.493 e. The molecule has 1 unspecified atom stereocenters. The Labute approximate surface area is 431 Å². The molecular formula is C53H52N6O11S3. The van der Waals surface area contributed by atoms with Gasteiger partial charge in [-0.3, -0.25) is 34.1 Å². The number of carbonyl (C=O) groups excluding carboxylic acids is 5. The fourth-order valence-electron chi connectivity index (χ4n) is 9.93. The molecule has 20 heteroatoms. The van der Waals surface area contributed by atoms with Gasteiger partial charge in [0, 0.05) is 72.6 Å². The third-order valence-corrected chi connectivity index (χ3v) is 17.7. The molecule has 4 amide bonds. The summed E-state index contributed by atoms with van der Waals surface area (Å²) in [6, 6.07) is 28.3. The Morgan fingerprint density at radius 2 is 1.44 bits per heavy atom. The number of para-hydroxylation sites is 2. The summed E-state index contributed by atoms with van der Waals surface area (Å²) < 4.78 is 42.3. The second-order valence-corrected chi connectivity index (χ2v) is 23.3. The molecule has 73 heavy (non-hydrogen) atoms. The number of amides is 4. The molecule has 5 aliphatic rings. The maximum atomic E-state index is 14.7. The molecule has 6 heterocycles. The van der Waals surface area contributed by atoms with Crippen LogP contribution in [0.3, 0.4) is 0 Å². The van der Waals surface area contributed by atoms with E-state index in [0.29, 0.717) is 76.4 Å². The zero-order valence-electron chi connectivity index (χ0n) is 40.5. The highest BCUT2D eigenvalue weighted by Gasteiger charge is 2.42. The molecule has 17 nitrogen and oxygen atoms in total. The number of ether oxygens (including phenoxy) is 3. The van der Waals surface area contributed by atoms with Gasteiger partial charge in [0.1, 0.15) is 19.0 Å². The van der Waals surface area contributed by atoms with E-state index in [9.17, 15) is 32.4 Å². The number of methoxy groups -OCH3 is 1. The zero-order valence-corrected chi connectivity index (χ0v) is 43.0. The first-order valence-corrected chi connectivity index (χ1v) is 27.4. The van der Waals surface area contributed by atoms with Crippen molar-refractivity contribution in [2.45, 2.75) is 88.2 Å². The van der Waals surface area contributed by atoms with E-state index in [1.165, 1.54) is 28.7 Å². The molecule has 3 atom stereocenters. The minimum absolute atomic E-state index is 0.0828. The van der Waals surface area contributed by atoms with Crippen LogP contribution in [-0.4, -0.2) is 102 Å². The molecule has 4 aromatic carbocycles. The molecule has 0 spiro atoms. The number of aliphatic imine (C=N–C) groups is 1. The van der Waals surface area contributed by atoms with Crippen molar-refractivity contribution >= 4 is 90.9 Å². The smallest absolute Gasteiger partial charge is 0.350 e. The van der Waals surface area contributed by atoms with E-state index in [4.69, 9.17) is 29.0 Å². The highest BCUT2D eigenvalue weighted by Crippen LogP contribution is 2.45. The number of carbonyl (C=O) groups is 5. The Kier molecular flexibility index (Phi) is 14.0. The van der Waals surface area contributed by atoms with Crippen molar-refractivity contribution in [3.05, 3.63) is 130 Å². The molecule has 0 saturated carbocycles. The Bertz CT molecular complexity index is 3160. The number of aryl methyl sites for hydroxylation is 1. The van der Waals surface area contributed by atoms with Crippen LogP contribution in [0, 0.1) is 6.92 Å². The van der Waals surface area contributed by atoms with E-state index in [-0.39, 0.29) is 62.1 Å². The van der Waals surface area contributed by atoms with E-state index < -0.39 is 38.5 Å². The van der Waals surface area contributed by atoms with E-state index in [1.807, 2.05) is 90.8 Å².